The van der Waals surface area contributed by atoms with Gasteiger partial charge in [0.2, 0.25) is 0 Å². The largest absolute Gasteiger partial charge is 0.361 e. The van der Waals surface area contributed by atoms with Gasteiger partial charge in [0.1, 0.15) is 0 Å². The number of hydrogen-bond acceptors (Lipinski definition) is 1. The number of rotatable bonds is 2. The summed E-state index contributed by atoms with van der Waals surface area (Å²) in [6.07, 6.45) is 0. The molecule has 1 nitrogen and oxygen atoms in total. The van der Waals surface area contributed by atoms with Crippen molar-refractivity contribution in [3.05, 3.63) is 34.0 Å². The number of nitrogens with one attached hydrogen (secondary N) is 1. The van der Waals surface area contributed by atoms with Crippen molar-refractivity contribution >= 4 is 11.3 Å². The number of aromatic nitrogens is 1. The van der Waals surface area contributed by atoms with Gasteiger partial charge in [-0.1, -0.05) is 41.5 Å². The van der Waals surface area contributed by atoms with Crippen molar-refractivity contribution < 1.29 is 0 Å². The average molecular weight is 273 g/mol. The normalized spacial score (nSPS) is 16.2. The van der Waals surface area contributed by atoms with Crippen LogP contribution in [-0.4, -0.2) is 4.98 Å². The smallest absolute Gasteiger partial charge is 0.0405 e. The van der Waals surface area contributed by atoms with Crippen LogP contribution in [0.5, 0.6) is 0 Å². The molecule has 0 amide bonds. The molecular formula is C17H23NS. The van der Waals surface area contributed by atoms with Crippen molar-refractivity contribution in [2.45, 2.75) is 58.8 Å². The molecule has 0 aromatic carbocycles. The van der Waals surface area contributed by atoms with Gasteiger partial charge in [0.25, 0.3) is 0 Å². The summed E-state index contributed by atoms with van der Waals surface area (Å²) in [7, 11) is 0. The third kappa shape index (κ3) is 1.73. The molecule has 0 unspecified atom stereocenters. The van der Waals surface area contributed by atoms with E-state index in [-0.39, 0.29) is 5.41 Å². The molecule has 2 aromatic heterocycles. The Labute approximate surface area is 120 Å². The minimum absolute atomic E-state index is 0.126. The van der Waals surface area contributed by atoms with E-state index < -0.39 is 0 Å². The Hall–Kier alpha value is -1.02. The first-order valence-corrected chi connectivity index (χ1v) is 8.02. The van der Waals surface area contributed by atoms with Crippen LogP contribution in [0, 0.1) is 0 Å². The first-order valence-electron chi connectivity index (χ1n) is 7.20. The highest BCUT2D eigenvalue weighted by Gasteiger charge is 2.39. The highest BCUT2D eigenvalue weighted by molar-refractivity contribution is 7.16. The van der Waals surface area contributed by atoms with Gasteiger partial charge in [0.15, 0.2) is 0 Å². The van der Waals surface area contributed by atoms with E-state index in [1.165, 1.54) is 32.3 Å². The minimum atomic E-state index is 0.126. The van der Waals surface area contributed by atoms with Crippen LogP contribution < -0.4 is 0 Å². The summed E-state index contributed by atoms with van der Waals surface area (Å²) in [6, 6.07) is 4.79. The summed E-state index contributed by atoms with van der Waals surface area (Å²) in [5, 5.41) is 0. The Bertz CT molecular complexity index is 571. The molecule has 0 spiro atoms. The van der Waals surface area contributed by atoms with E-state index in [4.69, 9.17) is 0 Å². The molecule has 19 heavy (non-hydrogen) atoms. The lowest BCUT2D eigenvalue weighted by atomic mass is 9.86. The van der Waals surface area contributed by atoms with E-state index in [0.29, 0.717) is 11.8 Å². The van der Waals surface area contributed by atoms with Crippen molar-refractivity contribution in [1.29, 1.82) is 0 Å². The Balaban J connectivity index is 2.20. The molecule has 102 valence electrons. The fraction of sp³-hybridized carbons (Fsp3) is 0.529. The molecule has 0 saturated heterocycles. The third-order valence-electron chi connectivity index (χ3n) is 4.32. The van der Waals surface area contributed by atoms with Gasteiger partial charge in [-0.2, -0.15) is 0 Å². The number of fused-ring (bicyclic) bond motifs is 3. The molecule has 0 atom stereocenters. The van der Waals surface area contributed by atoms with Gasteiger partial charge in [-0.3, -0.25) is 0 Å². The Kier molecular flexibility index (Phi) is 2.72. The van der Waals surface area contributed by atoms with Crippen molar-refractivity contribution in [3.63, 3.8) is 0 Å². The van der Waals surface area contributed by atoms with E-state index >= 15 is 0 Å². The lowest BCUT2D eigenvalue weighted by molar-refractivity contribution is 0.633. The summed E-state index contributed by atoms with van der Waals surface area (Å²) in [6.45, 7) is 13.8. The van der Waals surface area contributed by atoms with E-state index in [2.05, 4.69) is 58.7 Å². The molecular weight excluding hydrogens is 250 g/mol. The maximum atomic E-state index is 3.67. The van der Waals surface area contributed by atoms with Crippen LogP contribution in [0.2, 0.25) is 0 Å². The average Bonchev–Trinajstić information content (AvgIpc) is 2.95. The van der Waals surface area contributed by atoms with Gasteiger partial charge in [0.05, 0.1) is 0 Å². The maximum absolute atomic E-state index is 3.67. The standard InChI is InChI=1S/C17H23NS/c1-9(2)13-7-11-15-12(8-14(19-15)10(3)4)17(5,6)16(11)18-13/h7-10,18H,1-6H3. The molecule has 0 aliphatic heterocycles. The zero-order chi connectivity index (χ0) is 13.9. The van der Waals surface area contributed by atoms with Gasteiger partial charge < -0.3 is 4.98 Å². The SMILES string of the molecule is CC(C)c1cc2c([nH]1)C(C)(C)c1cc(C(C)C)sc1-2. The van der Waals surface area contributed by atoms with Crippen LogP contribution in [0.25, 0.3) is 10.4 Å². The molecule has 0 bridgehead atoms. The van der Waals surface area contributed by atoms with Gasteiger partial charge in [-0.15, -0.1) is 11.3 Å². The fourth-order valence-electron chi connectivity index (χ4n) is 2.95. The van der Waals surface area contributed by atoms with Crippen molar-refractivity contribution in [2.75, 3.05) is 0 Å². The first kappa shape index (κ1) is 13.0. The second-order valence-corrected chi connectivity index (χ2v) is 7.92. The zero-order valence-corrected chi connectivity index (χ0v) is 13.5. The van der Waals surface area contributed by atoms with Crippen LogP contribution in [-0.2, 0) is 5.41 Å². The summed E-state index contributed by atoms with van der Waals surface area (Å²) < 4.78 is 0. The maximum Gasteiger partial charge on any atom is 0.0405 e. The Morgan fingerprint density at radius 2 is 1.74 bits per heavy atom. The monoisotopic (exact) mass is 273 g/mol. The van der Waals surface area contributed by atoms with Gasteiger partial charge in [-0.05, 0) is 29.5 Å². The molecule has 2 aromatic rings. The van der Waals surface area contributed by atoms with E-state index in [9.17, 15) is 0 Å². The highest BCUT2D eigenvalue weighted by Crippen LogP contribution is 2.53. The second-order valence-electron chi connectivity index (χ2n) is 6.84. The first-order chi connectivity index (χ1) is 8.82. The third-order valence-corrected chi connectivity index (χ3v) is 5.79. The summed E-state index contributed by atoms with van der Waals surface area (Å²) >= 11 is 1.98. The molecule has 2 heteroatoms. The zero-order valence-electron chi connectivity index (χ0n) is 12.7. The predicted molar refractivity (Wildman–Crippen MR) is 84.4 cm³/mol. The van der Waals surface area contributed by atoms with Crippen molar-refractivity contribution in [2.24, 2.45) is 0 Å². The number of aromatic amines is 1. The molecule has 1 aliphatic rings. The minimum Gasteiger partial charge on any atom is -0.361 e. The Morgan fingerprint density at radius 3 is 2.32 bits per heavy atom. The summed E-state index contributed by atoms with van der Waals surface area (Å²) in [4.78, 5) is 6.67. The topological polar surface area (TPSA) is 15.8 Å². The Morgan fingerprint density at radius 1 is 1.05 bits per heavy atom. The molecule has 3 rings (SSSR count). The number of hydrogen-bond donors (Lipinski definition) is 1. The van der Waals surface area contributed by atoms with Gasteiger partial charge in [-0.25, -0.2) is 0 Å². The quantitative estimate of drug-likeness (QED) is 0.730. The van der Waals surface area contributed by atoms with E-state index in [0.717, 1.165) is 0 Å². The fourth-order valence-corrected chi connectivity index (χ4v) is 4.30. The predicted octanol–water partition coefficient (Wildman–Crippen LogP) is 5.63. The van der Waals surface area contributed by atoms with Crippen LogP contribution in [0.4, 0.5) is 0 Å². The van der Waals surface area contributed by atoms with Crippen LogP contribution in [0.15, 0.2) is 12.1 Å². The van der Waals surface area contributed by atoms with Crippen molar-refractivity contribution in [3.8, 4) is 10.4 Å². The number of H-pyrrole nitrogens is 1. The molecule has 0 radical (unpaired) electrons. The van der Waals surface area contributed by atoms with Crippen LogP contribution in [0.3, 0.4) is 0 Å². The summed E-state index contributed by atoms with van der Waals surface area (Å²) in [5.74, 6) is 1.19. The molecule has 0 saturated carbocycles. The number of thiophene rings is 1. The molecule has 0 fully saturated rings. The van der Waals surface area contributed by atoms with Crippen LogP contribution >= 0.6 is 11.3 Å². The van der Waals surface area contributed by atoms with Gasteiger partial charge in [0, 0.05) is 32.1 Å². The van der Waals surface area contributed by atoms with E-state index in [1.54, 1.807) is 0 Å². The lowest BCUT2D eigenvalue weighted by Gasteiger charge is -2.19. The van der Waals surface area contributed by atoms with E-state index in [1.807, 2.05) is 11.3 Å². The lowest BCUT2D eigenvalue weighted by Crippen LogP contribution is -2.15. The van der Waals surface area contributed by atoms with Gasteiger partial charge >= 0.3 is 0 Å². The second kappa shape index (κ2) is 3.99. The highest BCUT2D eigenvalue weighted by atomic mass is 32.1. The molecule has 2 heterocycles. The van der Waals surface area contributed by atoms with Crippen molar-refractivity contribution in [1.82, 2.24) is 4.98 Å². The molecule has 1 aliphatic carbocycles. The summed E-state index contributed by atoms with van der Waals surface area (Å²) in [5.41, 5.74) is 5.86. The molecule has 1 N–H and O–H groups in total. The van der Waals surface area contributed by atoms with Crippen LogP contribution in [0.1, 0.15) is 75.2 Å².